The highest BCUT2D eigenvalue weighted by molar-refractivity contribution is 5.77. The van der Waals surface area contributed by atoms with Gasteiger partial charge in [0.1, 0.15) is 5.39 Å². The lowest BCUT2D eigenvalue weighted by atomic mass is 9.92. The van der Waals surface area contributed by atoms with Crippen molar-refractivity contribution in [3.05, 3.63) is 69.8 Å². The molecule has 0 unspecified atom stereocenters. The number of benzene rings is 1. The minimum absolute atomic E-state index is 0.0642. The molecule has 1 aliphatic heterocycles. The van der Waals surface area contributed by atoms with Gasteiger partial charge >= 0.3 is 0 Å². The maximum atomic E-state index is 13.3. The van der Waals surface area contributed by atoms with Crippen LogP contribution in [0.2, 0.25) is 0 Å². The summed E-state index contributed by atoms with van der Waals surface area (Å²) in [5.41, 5.74) is 4.90. The van der Waals surface area contributed by atoms with Crippen molar-refractivity contribution in [3.63, 3.8) is 0 Å². The van der Waals surface area contributed by atoms with E-state index in [2.05, 4.69) is 48.5 Å². The van der Waals surface area contributed by atoms with Crippen LogP contribution in [0.5, 0.6) is 0 Å². The van der Waals surface area contributed by atoms with Gasteiger partial charge in [-0.2, -0.15) is 4.98 Å². The van der Waals surface area contributed by atoms with Gasteiger partial charge < -0.3 is 10.6 Å². The summed E-state index contributed by atoms with van der Waals surface area (Å²) >= 11 is 0. The second-order valence-corrected chi connectivity index (χ2v) is 9.97. The molecule has 1 fully saturated rings. The van der Waals surface area contributed by atoms with Crippen LogP contribution < -0.4 is 16.2 Å². The molecule has 8 heteroatoms. The molecular weight excluding hydrogens is 414 g/mol. The molecule has 0 atom stereocenters. The van der Waals surface area contributed by atoms with Gasteiger partial charge in [0.25, 0.3) is 5.56 Å². The zero-order valence-corrected chi connectivity index (χ0v) is 19.1. The lowest BCUT2D eigenvalue weighted by molar-refractivity contribution is 0.537. The second-order valence-electron chi connectivity index (χ2n) is 9.97. The highest BCUT2D eigenvalue weighted by atomic mass is 16.1. The topological polar surface area (TPSA) is 89.7 Å². The van der Waals surface area contributed by atoms with Gasteiger partial charge in [-0.1, -0.05) is 32.9 Å². The van der Waals surface area contributed by atoms with Crippen molar-refractivity contribution in [2.75, 3.05) is 5.32 Å². The molecule has 2 aliphatic rings. The van der Waals surface area contributed by atoms with Gasteiger partial charge in [-0.3, -0.25) is 4.79 Å². The average molecular weight is 442 g/mol. The predicted octanol–water partition coefficient (Wildman–Crippen LogP) is 3.96. The molecule has 6 rings (SSSR count). The number of hydrogen-bond acceptors (Lipinski definition) is 6. The van der Waals surface area contributed by atoms with Gasteiger partial charge in [0, 0.05) is 36.1 Å². The fourth-order valence-electron chi connectivity index (χ4n) is 4.39. The first-order chi connectivity index (χ1) is 15.9. The predicted molar refractivity (Wildman–Crippen MR) is 128 cm³/mol. The normalized spacial score (nSPS) is 15.7. The van der Waals surface area contributed by atoms with Crippen LogP contribution in [-0.4, -0.2) is 24.3 Å². The molecule has 3 aromatic heterocycles. The number of hydrogen-bond donors (Lipinski definition) is 2. The Hall–Kier alpha value is -3.52. The van der Waals surface area contributed by atoms with Crippen LogP contribution in [-0.2, 0) is 18.5 Å². The van der Waals surface area contributed by atoms with Crippen molar-refractivity contribution in [1.82, 2.24) is 29.6 Å². The number of aromatic nitrogens is 5. The first-order valence-corrected chi connectivity index (χ1v) is 11.5. The summed E-state index contributed by atoms with van der Waals surface area (Å²) in [5.74, 6) is 1.16. The first kappa shape index (κ1) is 20.1. The standard InChI is InChI=1S/C25H27N7O/c1-25(2,3)20-5-4-6-21(29-20)32-22-19(23(33)31(32)18-9-10-18)14-27-24(30-22)28-17-8-7-15-12-26-13-16(15)11-17/h4-8,11,14,18,26H,9-10,12-13H2,1-3H3,(H,27,28,30). The molecule has 8 nitrogen and oxygen atoms in total. The number of nitrogens with zero attached hydrogens (tertiary/aromatic N) is 5. The van der Waals surface area contributed by atoms with E-state index in [1.165, 1.54) is 11.1 Å². The van der Waals surface area contributed by atoms with Crippen LogP contribution in [0.25, 0.3) is 16.9 Å². The summed E-state index contributed by atoms with van der Waals surface area (Å²) in [5, 5.41) is 7.19. The number of nitrogens with one attached hydrogen (secondary N) is 2. The maximum Gasteiger partial charge on any atom is 0.278 e. The Kier molecular flexibility index (Phi) is 4.42. The number of fused-ring (bicyclic) bond motifs is 2. The molecule has 0 spiro atoms. The zero-order valence-electron chi connectivity index (χ0n) is 19.1. The van der Waals surface area contributed by atoms with Crippen molar-refractivity contribution >= 4 is 22.7 Å². The molecule has 4 heterocycles. The van der Waals surface area contributed by atoms with Crippen molar-refractivity contribution in [3.8, 4) is 5.82 Å². The minimum atomic E-state index is -0.103. The number of anilines is 2. The van der Waals surface area contributed by atoms with Gasteiger partial charge in [-0.15, -0.1) is 0 Å². The van der Waals surface area contributed by atoms with Crippen LogP contribution in [0.1, 0.15) is 56.5 Å². The molecule has 1 saturated carbocycles. The molecule has 33 heavy (non-hydrogen) atoms. The molecule has 1 aromatic carbocycles. The van der Waals surface area contributed by atoms with E-state index in [0.29, 0.717) is 22.8 Å². The zero-order chi connectivity index (χ0) is 22.7. The Balaban J connectivity index is 1.48. The van der Waals surface area contributed by atoms with Crippen molar-refractivity contribution in [2.24, 2.45) is 0 Å². The largest absolute Gasteiger partial charge is 0.324 e. The van der Waals surface area contributed by atoms with E-state index in [1.54, 1.807) is 10.9 Å². The molecule has 0 saturated heterocycles. The second kappa shape index (κ2) is 7.25. The van der Waals surface area contributed by atoms with E-state index < -0.39 is 0 Å². The highest BCUT2D eigenvalue weighted by Crippen LogP contribution is 2.35. The van der Waals surface area contributed by atoms with E-state index in [1.807, 2.05) is 28.9 Å². The lowest BCUT2D eigenvalue weighted by Gasteiger charge is -2.19. The molecular formula is C25H27N7O. The van der Waals surface area contributed by atoms with E-state index >= 15 is 0 Å². The molecule has 4 aromatic rings. The number of pyridine rings is 1. The first-order valence-electron chi connectivity index (χ1n) is 11.5. The Morgan fingerprint density at radius 3 is 2.67 bits per heavy atom. The molecule has 0 amide bonds. The van der Waals surface area contributed by atoms with Gasteiger partial charge in [-0.25, -0.2) is 19.3 Å². The van der Waals surface area contributed by atoms with Gasteiger partial charge in [0.05, 0.1) is 6.04 Å². The van der Waals surface area contributed by atoms with E-state index in [4.69, 9.17) is 9.97 Å². The summed E-state index contributed by atoms with van der Waals surface area (Å²) in [4.78, 5) is 27.5. The number of rotatable bonds is 4. The lowest BCUT2D eigenvalue weighted by Crippen LogP contribution is -2.23. The van der Waals surface area contributed by atoms with Crippen LogP contribution >= 0.6 is 0 Å². The van der Waals surface area contributed by atoms with Crippen LogP contribution in [0, 0.1) is 0 Å². The Labute approximate surface area is 191 Å². The Morgan fingerprint density at radius 2 is 1.88 bits per heavy atom. The van der Waals surface area contributed by atoms with E-state index in [-0.39, 0.29) is 17.0 Å². The van der Waals surface area contributed by atoms with Crippen molar-refractivity contribution in [1.29, 1.82) is 0 Å². The minimum Gasteiger partial charge on any atom is -0.324 e. The van der Waals surface area contributed by atoms with Crippen LogP contribution in [0.3, 0.4) is 0 Å². The SMILES string of the molecule is CC(C)(C)c1cccc(-n2c3nc(Nc4ccc5c(c4)CNC5)ncc3c(=O)n2C2CC2)n1. The monoisotopic (exact) mass is 441 g/mol. The fourth-order valence-corrected chi connectivity index (χ4v) is 4.39. The maximum absolute atomic E-state index is 13.3. The highest BCUT2D eigenvalue weighted by Gasteiger charge is 2.31. The summed E-state index contributed by atoms with van der Waals surface area (Å²) in [7, 11) is 0. The molecule has 0 bridgehead atoms. The van der Waals surface area contributed by atoms with Crippen molar-refractivity contribution < 1.29 is 0 Å². The third-order valence-corrected chi connectivity index (χ3v) is 6.33. The average Bonchev–Trinajstić information content (AvgIpc) is 3.45. The molecule has 0 radical (unpaired) electrons. The molecule has 2 N–H and O–H groups in total. The third-order valence-electron chi connectivity index (χ3n) is 6.33. The van der Waals surface area contributed by atoms with Crippen LogP contribution in [0.15, 0.2) is 47.4 Å². The summed E-state index contributed by atoms with van der Waals surface area (Å²) < 4.78 is 3.68. The summed E-state index contributed by atoms with van der Waals surface area (Å²) in [6.45, 7) is 8.18. The van der Waals surface area contributed by atoms with Gasteiger partial charge in [0.2, 0.25) is 5.95 Å². The van der Waals surface area contributed by atoms with Crippen molar-refractivity contribution in [2.45, 2.75) is 58.2 Å². The molecule has 1 aliphatic carbocycles. The smallest absolute Gasteiger partial charge is 0.278 e. The molecule has 168 valence electrons. The van der Waals surface area contributed by atoms with E-state index in [0.717, 1.165) is 37.3 Å². The van der Waals surface area contributed by atoms with Gasteiger partial charge in [-0.05, 0) is 48.2 Å². The van der Waals surface area contributed by atoms with Crippen LogP contribution in [0.4, 0.5) is 11.6 Å². The summed E-state index contributed by atoms with van der Waals surface area (Å²) in [6.07, 6.45) is 3.60. The van der Waals surface area contributed by atoms with E-state index in [9.17, 15) is 4.79 Å². The third kappa shape index (κ3) is 3.51. The summed E-state index contributed by atoms with van der Waals surface area (Å²) in [6, 6.07) is 12.4. The Bertz CT molecular complexity index is 1440. The van der Waals surface area contributed by atoms with Gasteiger partial charge in [0.15, 0.2) is 11.5 Å². The Morgan fingerprint density at radius 1 is 1.06 bits per heavy atom. The fraction of sp³-hybridized carbons (Fsp3) is 0.360. The quantitative estimate of drug-likeness (QED) is 0.498.